The summed E-state index contributed by atoms with van der Waals surface area (Å²) in [5.41, 5.74) is 2.50. The molecule has 3 heteroatoms. The van der Waals surface area contributed by atoms with Gasteiger partial charge in [-0.3, -0.25) is 0 Å². The second-order valence-corrected chi connectivity index (χ2v) is 3.50. The smallest absolute Gasteiger partial charge is 0.207 e. The van der Waals surface area contributed by atoms with Crippen LogP contribution >= 0.6 is 11.6 Å². The fourth-order valence-electron chi connectivity index (χ4n) is 1.42. The molecule has 0 bridgehead atoms. The number of halogens is 1. The van der Waals surface area contributed by atoms with Crippen molar-refractivity contribution in [2.45, 2.75) is 5.88 Å². The van der Waals surface area contributed by atoms with E-state index in [0.717, 1.165) is 15.9 Å². The van der Waals surface area contributed by atoms with Crippen molar-refractivity contribution in [3.63, 3.8) is 0 Å². The van der Waals surface area contributed by atoms with Crippen molar-refractivity contribution in [3.05, 3.63) is 59.6 Å². The van der Waals surface area contributed by atoms with Crippen LogP contribution in [0.15, 0.2) is 48.7 Å². The molecule has 0 radical (unpaired) electrons. The Kier molecular flexibility index (Phi) is 2.88. The predicted molar refractivity (Wildman–Crippen MR) is 60.4 cm³/mol. The van der Waals surface area contributed by atoms with Gasteiger partial charge in [-0.05, 0) is 11.6 Å². The van der Waals surface area contributed by atoms with Crippen molar-refractivity contribution in [3.8, 4) is 11.1 Å². The summed E-state index contributed by atoms with van der Waals surface area (Å²) < 4.78 is 0.815. The molecule has 15 heavy (non-hydrogen) atoms. The van der Waals surface area contributed by atoms with Crippen LogP contribution < -0.4 is 4.73 Å². The maximum absolute atomic E-state index is 11.5. The quantitative estimate of drug-likeness (QED) is 0.434. The molecule has 0 saturated carbocycles. The molecule has 2 nitrogen and oxygen atoms in total. The predicted octanol–water partition coefficient (Wildman–Crippen LogP) is 2.73. The third-order valence-electron chi connectivity index (χ3n) is 2.24. The van der Waals surface area contributed by atoms with E-state index in [1.807, 2.05) is 36.4 Å². The lowest BCUT2D eigenvalue weighted by atomic mass is 10.1. The van der Waals surface area contributed by atoms with Crippen LogP contribution in [0.1, 0.15) is 5.69 Å². The first-order valence-electron chi connectivity index (χ1n) is 4.65. The first kappa shape index (κ1) is 9.99. The minimum atomic E-state index is 0.235. The second-order valence-electron chi connectivity index (χ2n) is 3.23. The van der Waals surface area contributed by atoms with Gasteiger partial charge in [0.2, 0.25) is 5.69 Å². The summed E-state index contributed by atoms with van der Waals surface area (Å²) in [6, 6.07) is 13.4. The Morgan fingerprint density at radius 3 is 2.33 bits per heavy atom. The van der Waals surface area contributed by atoms with Gasteiger partial charge in [-0.1, -0.05) is 30.3 Å². The first-order chi connectivity index (χ1) is 7.31. The van der Waals surface area contributed by atoms with E-state index < -0.39 is 0 Å². The van der Waals surface area contributed by atoms with Crippen LogP contribution in [0.2, 0.25) is 0 Å². The van der Waals surface area contributed by atoms with Gasteiger partial charge >= 0.3 is 0 Å². The molecule has 0 spiro atoms. The van der Waals surface area contributed by atoms with Gasteiger partial charge in [-0.2, -0.15) is 4.73 Å². The molecule has 2 aromatic rings. The van der Waals surface area contributed by atoms with E-state index in [2.05, 4.69) is 0 Å². The standard InChI is InChI=1S/C12H10ClNO/c13-8-12-7-6-11(9-14(12)15)10-4-2-1-3-5-10/h1-7,9H,8H2. The number of aromatic nitrogens is 1. The van der Waals surface area contributed by atoms with Crippen LogP contribution in [0.25, 0.3) is 11.1 Å². The lowest BCUT2D eigenvalue weighted by Gasteiger charge is -2.04. The zero-order valence-electron chi connectivity index (χ0n) is 8.06. The van der Waals surface area contributed by atoms with Crippen LogP contribution in [0.5, 0.6) is 0 Å². The Bertz CT molecular complexity index is 456. The highest BCUT2D eigenvalue weighted by atomic mass is 35.5. The summed E-state index contributed by atoms with van der Waals surface area (Å²) in [4.78, 5) is 0. The zero-order chi connectivity index (χ0) is 10.7. The molecule has 0 fully saturated rings. The molecule has 0 N–H and O–H groups in total. The van der Waals surface area contributed by atoms with Crippen molar-refractivity contribution in [1.29, 1.82) is 0 Å². The minimum Gasteiger partial charge on any atom is -0.618 e. The van der Waals surface area contributed by atoms with Gasteiger partial charge in [-0.15, -0.1) is 11.6 Å². The Morgan fingerprint density at radius 1 is 1.00 bits per heavy atom. The van der Waals surface area contributed by atoms with Crippen LogP contribution in [0.4, 0.5) is 0 Å². The van der Waals surface area contributed by atoms with Crippen LogP contribution in [0, 0.1) is 5.21 Å². The number of pyridine rings is 1. The fourth-order valence-corrected chi connectivity index (χ4v) is 1.62. The van der Waals surface area contributed by atoms with E-state index in [1.54, 1.807) is 12.3 Å². The molecule has 0 aliphatic heterocycles. The van der Waals surface area contributed by atoms with Gasteiger partial charge < -0.3 is 5.21 Å². The molecule has 0 saturated heterocycles. The number of hydrogen-bond donors (Lipinski definition) is 0. The molecule has 1 aromatic heterocycles. The van der Waals surface area contributed by atoms with E-state index in [1.165, 1.54) is 0 Å². The minimum absolute atomic E-state index is 0.235. The summed E-state index contributed by atoms with van der Waals surface area (Å²) in [6.07, 6.45) is 1.55. The normalized spacial score (nSPS) is 10.2. The molecule has 76 valence electrons. The Balaban J connectivity index is 2.43. The zero-order valence-corrected chi connectivity index (χ0v) is 8.82. The van der Waals surface area contributed by atoms with Gasteiger partial charge in [0, 0.05) is 11.6 Å². The molecule has 1 aromatic carbocycles. The number of nitrogens with zero attached hydrogens (tertiary/aromatic N) is 1. The summed E-state index contributed by atoms with van der Waals surface area (Å²) in [7, 11) is 0. The van der Waals surface area contributed by atoms with Gasteiger partial charge in [-0.25, -0.2) is 0 Å². The maximum atomic E-state index is 11.5. The van der Waals surface area contributed by atoms with Gasteiger partial charge in [0.05, 0.1) is 0 Å². The van der Waals surface area contributed by atoms with Crippen molar-refractivity contribution in [2.75, 3.05) is 0 Å². The van der Waals surface area contributed by atoms with Gasteiger partial charge in [0.1, 0.15) is 5.88 Å². The topological polar surface area (TPSA) is 26.9 Å². The molecule has 1 heterocycles. The van der Waals surface area contributed by atoms with Crippen molar-refractivity contribution >= 4 is 11.6 Å². The molecular formula is C12H10ClNO. The van der Waals surface area contributed by atoms with Crippen LogP contribution in [-0.2, 0) is 5.88 Å². The van der Waals surface area contributed by atoms with E-state index in [4.69, 9.17) is 11.6 Å². The largest absolute Gasteiger partial charge is 0.618 e. The average molecular weight is 220 g/mol. The highest BCUT2D eigenvalue weighted by Gasteiger charge is 2.05. The summed E-state index contributed by atoms with van der Waals surface area (Å²) in [5.74, 6) is 0.235. The highest BCUT2D eigenvalue weighted by Crippen LogP contribution is 2.17. The summed E-state index contributed by atoms with van der Waals surface area (Å²) in [5, 5.41) is 11.5. The van der Waals surface area contributed by atoms with Crippen molar-refractivity contribution in [2.24, 2.45) is 0 Å². The maximum Gasteiger partial charge on any atom is 0.207 e. The van der Waals surface area contributed by atoms with Crippen molar-refractivity contribution in [1.82, 2.24) is 0 Å². The monoisotopic (exact) mass is 219 g/mol. The second kappa shape index (κ2) is 4.32. The van der Waals surface area contributed by atoms with Gasteiger partial charge in [0.25, 0.3) is 0 Å². The van der Waals surface area contributed by atoms with E-state index in [0.29, 0.717) is 5.69 Å². The Labute approximate surface area is 93.3 Å². The third kappa shape index (κ3) is 2.10. The summed E-state index contributed by atoms with van der Waals surface area (Å²) in [6.45, 7) is 0. The molecule has 0 unspecified atom stereocenters. The van der Waals surface area contributed by atoms with Crippen molar-refractivity contribution < 1.29 is 4.73 Å². The van der Waals surface area contributed by atoms with Crippen LogP contribution in [-0.4, -0.2) is 0 Å². The number of rotatable bonds is 2. The van der Waals surface area contributed by atoms with E-state index in [-0.39, 0.29) is 5.88 Å². The molecule has 0 atom stereocenters. The number of hydrogen-bond acceptors (Lipinski definition) is 1. The SMILES string of the molecule is [O-][n+]1cc(-c2ccccc2)ccc1CCl. The third-order valence-corrected chi connectivity index (χ3v) is 2.51. The number of benzene rings is 1. The lowest BCUT2D eigenvalue weighted by Crippen LogP contribution is -2.30. The molecule has 0 aliphatic rings. The highest BCUT2D eigenvalue weighted by molar-refractivity contribution is 6.16. The van der Waals surface area contributed by atoms with E-state index in [9.17, 15) is 5.21 Å². The van der Waals surface area contributed by atoms with E-state index >= 15 is 0 Å². The average Bonchev–Trinajstić information content (AvgIpc) is 2.30. The first-order valence-corrected chi connectivity index (χ1v) is 5.18. The lowest BCUT2D eigenvalue weighted by molar-refractivity contribution is -0.612. The molecule has 0 amide bonds. The van der Waals surface area contributed by atoms with Crippen LogP contribution in [0.3, 0.4) is 0 Å². The molecule has 0 aliphatic carbocycles. The number of alkyl halides is 1. The Morgan fingerprint density at radius 2 is 1.73 bits per heavy atom. The van der Waals surface area contributed by atoms with Gasteiger partial charge in [0.15, 0.2) is 6.20 Å². The fraction of sp³-hybridized carbons (Fsp3) is 0.0833. The molecule has 2 rings (SSSR count). The Hall–Kier alpha value is -1.54. The molecular weight excluding hydrogens is 210 g/mol. The summed E-state index contributed by atoms with van der Waals surface area (Å²) >= 11 is 5.61.